The van der Waals surface area contributed by atoms with Crippen molar-refractivity contribution in [1.29, 1.82) is 0 Å². The lowest BCUT2D eigenvalue weighted by Gasteiger charge is -2.14. The number of aryl methyl sites for hydroxylation is 1. The Morgan fingerprint density at radius 2 is 2.09 bits per heavy atom. The smallest absolute Gasteiger partial charge is 0.245 e. The number of carbonyl (C=O) groups excluding carboxylic acids is 2. The van der Waals surface area contributed by atoms with E-state index in [9.17, 15) is 9.59 Å². The zero-order valence-corrected chi connectivity index (χ0v) is 13.7. The number of hydrogen-bond donors (Lipinski definition) is 3. The van der Waals surface area contributed by atoms with Crippen molar-refractivity contribution in [3.8, 4) is 0 Å². The largest absolute Gasteiger partial charge is 0.346 e. The molecule has 0 fully saturated rings. The topological polar surface area (TPSA) is 97.1 Å². The minimum Gasteiger partial charge on any atom is -0.346 e. The summed E-state index contributed by atoms with van der Waals surface area (Å²) in [5.41, 5.74) is 7.70. The third kappa shape index (κ3) is 4.02. The van der Waals surface area contributed by atoms with E-state index in [4.69, 9.17) is 5.73 Å². The minimum atomic E-state index is -0.613. The van der Waals surface area contributed by atoms with Gasteiger partial charge in [-0.1, -0.05) is 31.3 Å². The van der Waals surface area contributed by atoms with E-state index in [0.717, 1.165) is 15.8 Å². The molecule has 0 unspecified atom stereocenters. The van der Waals surface area contributed by atoms with Gasteiger partial charge in [-0.05, 0) is 30.5 Å². The zero-order valence-electron chi connectivity index (χ0n) is 12.8. The van der Waals surface area contributed by atoms with Gasteiger partial charge in [-0.25, -0.2) is 4.98 Å². The Kier molecular flexibility index (Phi) is 5.10. The second-order valence-corrected chi connectivity index (χ2v) is 6.56. The SMILES string of the molecule is Cc1ccc2nc(NC(=O)CNC(=O)[C@@H](N)C(C)C)sc2c1. The van der Waals surface area contributed by atoms with Crippen LogP contribution in [-0.2, 0) is 9.59 Å². The number of benzene rings is 1. The highest BCUT2D eigenvalue weighted by atomic mass is 32.1. The van der Waals surface area contributed by atoms with Crippen molar-refractivity contribution in [1.82, 2.24) is 10.3 Å². The molecule has 118 valence electrons. The maximum absolute atomic E-state index is 11.9. The number of nitrogens with one attached hydrogen (secondary N) is 2. The van der Waals surface area contributed by atoms with Crippen molar-refractivity contribution in [2.75, 3.05) is 11.9 Å². The molecule has 0 aliphatic carbocycles. The van der Waals surface area contributed by atoms with Gasteiger partial charge in [0.25, 0.3) is 0 Å². The molecule has 1 atom stereocenters. The van der Waals surface area contributed by atoms with Crippen molar-refractivity contribution < 1.29 is 9.59 Å². The fourth-order valence-corrected chi connectivity index (χ4v) is 2.82. The number of amides is 2. The molecule has 1 aromatic carbocycles. The van der Waals surface area contributed by atoms with Crippen LogP contribution >= 0.6 is 11.3 Å². The van der Waals surface area contributed by atoms with E-state index in [0.29, 0.717) is 5.13 Å². The van der Waals surface area contributed by atoms with Crippen molar-refractivity contribution in [3.05, 3.63) is 23.8 Å². The molecule has 0 radical (unpaired) electrons. The molecule has 0 saturated carbocycles. The van der Waals surface area contributed by atoms with Gasteiger partial charge < -0.3 is 16.4 Å². The van der Waals surface area contributed by atoms with Crippen LogP contribution in [0, 0.1) is 12.8 Å². The Bertz CT molecular complexity index is 696. The van der Waals surface area contributed by atoms with Crippen LogP contribution in [0.25, 0.3) is 10.2 Å². The molecular formula is C15H20N4O2S. The average molecular weight is 320 g/mol. The Labute approximate surface area is 133 Å². The van der Waals surface area contributed by atoms with Gasteiger partial charge in [-0.15, -0.1) is 0 Å². The number of aromatic nitrogens is 1. The molecule has 4 N–H and O–H groups in total. The van der Waals surface area contributed by atoms with Crippen LogP contribution in [0.4, 0.5) is 5.13 Å². The van der Waals surface area contributed by atoms with Crippen LogP contribution in [-0.4, -0.2) is 29.4 Å². The van der Waals surface area contributed by atoms with Gasteiger partial charge in [0, 0.05) is 0 Å². The Morgan fingerprint density at radius 3 is 2.77 bits per heavy atom. The lowest BCUT2D eigenvalue weighted by Crippen LogP contribution is -2.46. The average Bonchev–Trinajstić information content (AvgIpc) is 2.84. The van der Waals surface area contributed by atoms with E-state index >= 15 is 0 Å². The summed E-state index contributed by atoms with van der Waals surface area (Å²) in [6.45, 7) is 5.60. The van der Waals surface area contributed by atoms with E-state index in [1.807, 2.05) is 39.0 Å². The monoisotopic (exact) mass is 320 g/mol. The molecule has 0 spiro atoms. The van der Waals surface area contributed by atoms with E-state index in [2.05, 4.69) is 15.6 Å². The number of fused-ring (bicyclic) bond motifs is 1. The second kappa shape index (κ2) is 6.85. The zero-order chi connectivity index (χ0) is 16.3. The van der Waals surface area contributed by atoms with Crippen LogP contribution < -0.4 is 16.4 Å². The number of rotatable bonds is 5. The van der Waals surface area contributed by atoms with Gasteiger partial charge >= 0.3 is 0 Å². The first kappa shape index (κ1) is 16.4. The van der Waals surface area contributed by atoms with Gasteiger partial charge in [0.1, 0.15) is 0 Å². The highest BCUT2D eigenvalue weighted by Crippen LogP contribution is 2.26. The first-order valence-corrected chi connectivity index (χ1v) is 7.89. The van der Waals surface area contributed by atoms with Crippen LogP contribution in [0.3, 0.4) is 0 Å². The van der Waals surface area contributed by atoms with Gasteiger partial charge in [0.15, 0.2) is 5.13 Å². The van der Waals surface area contributed by atoms with Crippen LogP contribution in [0.5, 0.6) is 0 Å². The van der Waals surface area contributed by atoms with E-state index in [1.165, 1.54) is 11.3 Å². The molecule has 2 amide bonds. The first-order valence-electron chi connectivity index (χ1n) is 7.07. The Balaban J connectivity index is 1.92. The Hall–Kier alpha value is -1.99. The molecule has 6 nitrogen and oxygen atoms in total. The summed E-state index contributed by atoms with van der Waals surface area (Å²) in [6.07, 6.45) is 0. The van der Waals surface area contributed by atoms with Crippen LogP contribution in [0.2, 0.25) is 0 Å². The van der Waals surface area contributed by atoms with Crippen LogP contribution in [0.1, 0.15) is 19.4 Å². The number of nitrogens with two attached hydrogens (primary N) is 1. The standard InChI is InChI=1S/C15H20N4O2S/c1-8(2)13(16)14(21)17-7-12(20)19-15-18-10-5-4-9(3)6-11(10)22-15/h4-6,8,13H,7,16H2,1-3H3,(H,17,21)(H,18,19,20)/t13-/m0/s1. The molecule has 0 aliphatic rings. The molecule has 22 heavy (non-hydrogen) atoms. The maximum Gasteiger partial charge on any atom is 0.245 e. The third-order valence-electron chi connectivity index (χ3n) is 3.23. The predicted octanol–water partition coefficient (Wildman–Crippen LogP) is 1.64. The predicted molar refractivity (Wildman–Crippen MR) is 88.8 cm³/mol. The quantitative estimate of drug-likeness (QED) is 0.780. The van der Waals surface area contributed by atoms with Gasteiger partial charge in [-0.3, -0.25) is 9.59 Å². The molecule has 0 bridgehead atoms. The van der Waals surface area contributed by atoms with Gasteiger partial charge in [0.2, 0.25) is 11.8 Å². The fourth-order valence-electron chi connectivity index (χ4n) is 1.84. The molecule has 0 aliphatic heterocycles. The minimum absolute atomic E-state index is 0.0237. The fraction of sp³-hybridized carbons (Fsp3) is 0.400. The Morgan fingerprint density at radius 1 is 1.36 bits per heavy atom. The second-order valence-electron chi connectivity index (χ2n) is 5.53. The van der Waals surface area contributed by atoms with Crippen LogP contribution in [0.15, 0.2) is 18.2 Å². The summed E-state index contributed by atoms with van der Waals surface area (Å²) in [4.78, 5) is 27.9. The molecule has 1 aromatic heterocycles. The van der Waals surface area contributed by atoms with Gasteiger partial charge in [-0.2, -0.15) is 0 Å². The van der Waals surface area contributed by atoms with E-state index < -0.39 is 6.04 Å². The number of carbonyl (C=O) groups is 2. The summed E-state index contributed by atoms with van der Waals surface area (Å²) >= 11 is 1.40. The number of thiazole rings is 1. The van der Waals surface area contributed by atoms with Gasteiger partial charge in [0.05, 0.1) is 22.8 Å². The summed E-state index contributed by atoms with van der Waals surface area (Å²) in [5, 5.41) is 5.74. The molecule has 2 rings (SSSR count). The number of hydrogen-bond acceptors (Lipinski definition) is 5. The molecule has 1 heterocycles. The highest BCUT2D eigenvalue weighted by molar-refractivity contribution is 7.22. The summed E-state index contributed by atoms with van der Waals surface area (Å²) in [5.74, 6) is -0.624. The molecular weight excluding hydrogens is 300 g/mol. The first-order chi connectivity index (χ1) is 10.4. The van der Waals surface area contributed by atoms with E-state index in [1.54, 1.807) is 0 Å². The lowest BCUT2D eigenvalue weighted by molar-refractivity contribution is -0.125. The molecule has 7 heteroatoms. The van der Waals surface area contributed by atoms with Crippen molar-refractivity contribution >= 4 is 38.5 Å². The summed E-state index contributed by atoms with van der Waals surface area (Å²) < 4.78 is 1.01. The molecule has 0 saturated heterocycles. The lowest BCUT2D eigenvalue weighted by atomic mass is 10.1. The highest BCUT2D eigenvalue weighted by Gasteiger charge is 2.17. The maximum atomic E-state index is 11.9. The normalized spacial score (nSPS) is 12.4. The molecule has 2 aromatic rings. The third-order valence-corrected chi connectivity index (χ3v) is 4.17. The van der Waals surface area contributed by atoms with E-state index in [-0.39, 0.29) is 24.3 Å². The number of anilines is 1. The summed E-state index contributed by atoms with van der Waals surface area (Å²) in [6, 6.07) is 5.30. The van der Waals surface area contributed by atoms with Crippen molar-refractivity contribution in [3.63, 3.8) is 0 Å². The van der Waals surface area contributed by atoms with Crippen molar-refractivity contribution in [2.45, 2.75) is 26.8 Å². The summed E-state index contributed by atoms with van der Waals surface area (Å²) in [7, 11) is 0. The van der Waals surface area contributed by atoms with Crippen molar-refractivity contribution in [2.24, 2.45) is 11.7 Å². The number of nitrogens with zero attached hydrogens (tertiary/aromatic N) is 1.